The zero-order chi connectivity index (χ0) is 36.6. The molecule has 0 radical (unpaired) electrons. The number of rotatable bonds is 10. The highest BCUT2D eigenvalue weighted by atomic mass is 19.4. The first-order valence-corrected chi connectivity index (χ1v) is 10.3. The van der Waals surface area contributed by atoms with E-state index in [2.05, 4.69) is 0 Å². The summed E-state index contributed by atoms with van der Waals surface area (Å²) in [5.41, 5.74) is -13.7. The third-order valence-electron chi connectivity index (χ3n) is 5.50. The van der Waals surface area contributed by atoms with Gasteiger partial charge in [-0.15, -0.1) is 0 Å². The van der Waals surface area contributed by atoms with E-state index in [1.807, 2.05) is 0 Å². The average molecular weight is 715 g/mol. The normalized spacial score (nSPS) is 15.3. The minimum absolute atomic E-state index is 0.00102. The summed E-state index contributed by atoms with van der Waals surface area (Å²) in [6.07, 6.45) is -15.8. The fraction of sp³-hybridized carbons (Fsp3) is 0.611. The van der Waals surface area contributed by atoms with Crippen molar-refractivity contribution in [3.63, 3.8) is 0 Å². The van der Waals surface area contributed by atoms with Gasteiger partial charge in [0.05, 0.1) is 11.3 Å². The Bertz CT molecular complexity index is 1290. The fourth-order valence-electron chi connectivity index (χ4n) is 3.16. The standard InChI is InChI=1S/C18H8BF22NO3/c1-4(43)42-7-3-5(19(44)45)2-6(9(20,21)11(24,25)13(28,29)15(32,33)17(36,37)38)8(7)10(22,23)12(26,27)14(30,31)16(34,35)18(39,40)41/h2-3,44-45H,1H3,(H,42,43). The van der Waals surface area contributed by atoms with E-state index in [0.717, 1.165) is 0 Å². The summed E-state index contributed by atoms with van der Waals surface area (Å²) < 4.78 is 300. The summed E-state index contributed by atoms with van der Waals surface area (Å²) in [6, 6.07) is -2.34. The number of alkyl halides is 22. The summed E-state index contributed by atoms with van der Waals surface area (Å²) in [4.78, 5) is 11.3. The number of benzene rings is 1. The molecule has 260 valence electrons. The highest BCUT2D eigenvalue weighted by Crippen LogP contribution is 2.64. The van der Waals surface area contributed by atoms with Gasteiger partial charge in [0.2, 0.25) is 5.91 Å². The lowest BCUT2D eigenvalue weighted by Gasteiger charge is -2.41. The first-order chi connectivity index (χ1) is 19.3. The fourth-order valence-corrected chi connectivity index (χ4v) is 3.16. The van der Waals surface area contributed by atoms with Crippen LogP contribution in [0.5, 0.6) is 0 Å². The minimum atomic E-state index is -8.56. The molecular formula is C18H8BF22NO3. The van der Waals surface area contributed by atoms with Gasteiger partial charge in [-0.3, -0.25) is 4.79 Å². The Morgan fingerprint density at radius 3 is 1.18 bits per heavy atom. The summed E-state index contributed by atoms with van der Waals surface area (Å²) in [7, 11) is -3.61. The summed E-state index contributed by atoms with van der Waals surface area (Å²) in [5, 5.41) is 18.7. The number of amides is 1. The number of nitrogens with one attached hydrogen (secondary N) is 1. The minimum Gasteiger partial charge on any atom is -0.423 e. The SMILES string of the molecule is CC(=O)Nc1cc(B(O)O)cc(C(F)(F)C(F)(F)C(F)(F)C(F)(F)C(F)(F)F)c1C(F)(F)C(F)(F)C(F)(F)C(F)(F)C(F)(F)F. The van der Waals surface area contributed by atoms with Crippen molar-refractivity contribution in [2.75, 3.05) is 5.32 Å². The second kappa shape index (κ2) is 10.9. The second-order valence-electron chi connectivity index (χ2n) is 8.64. The van der Waals surface area contributed by atoms with Gasteiger partial charge in [-0.05, 0) is 11.5 Å². The number of halogens is 22. The van der Waals surface area contributed by atoms with E-state index >= 15 is 0 Å². The number of anilines is 1. The number of carbonyl (C=O) groups is 1. The first-order valence-electron chi connectivity index (χ1n) is 10.3. The summed E-state index contributed by atoms with van der Waals surface area (Å²) in [6.45, 7) is -0.00102. The number of carbonyl (C=O) groups excluding carboxylic acids is 1. The molecule has 0 heterocycles. The molecule has 0 aromatic heterocycles. The molecule has 3 N–H and O–H groups in total. The van der Waals surface area contributed by atoms with Crippen LogP contribution in [0.25, 0.3) is 0 Å². The Balaban J connectivity index is 4.54. The third-order valence-corrected chi connectivity index (χ3v) is 5.50. The topological polar surface area (TPSA) is 69.6 Å². The van der Waals surface area contributed by atoms with Crippen LogP contribution in [0, 0.1) is 0 Å². The van der Waals surface area contributed by atoms with Gasteiger partial charge >= 0.3 is 66.9 Å². The van der Waals surface area contributed by atoms with Crippen molar-refractivity contribution in [1.29, 1.82) is 0 Å². The van der Waals surface area contributed by atoms with Crippen LogP contribution < -0.4 is 10.8 Å². The van der Waals surface area contributed by atoms with E-state index in [4.69, 9.17) is 10.0 Å². The lowest BCUT2D eigenvalue weighted by molar-refractivity contribution is -0.428. The molecule has 0 aliphatic rings. The van der Waals surface area contributed by atoms with E-state index in [9.17, 15) is 101 Å². The van der Waals surface area contributed by atoms with E-state index in [1.54, 1.807) is 0 Å². The molecule has 0 unspecified atom stereocenters. The molecule has 4 nitrogen and oxygen atoms in total. The van der Waals surface area contributed by atoms with Crippen LogP contribution >= 0.6 is 0 Å². The van der Waals surface area contributed by atoms with E-state index in [0.29, 0.717) is 5.32 Å². The van der Waals surface area contributed by atoms with Gasteiger partial charge in [0.25, 0.3) is 0 Å². The smallest absolute Gasteiger partial charge is 0.423 e. The van der Waals surface area contributed by atoms with Gasteiger partial charge in [0.15, 0.2) is 0 Å². The maximum atomic E-state index is 15.0. The molecule has 45 heavy (non-hydrogen) atoms. The Morgan fingerprint density at radius 2 is 0.889 bits per heavy atom. The van der Waals surface area contributed by atoms with Gasteiger partial charge in [0.1, 0.15) is 0 Å². The van der Waals surface area contributed by atoms with Crippen LogP contribution in [0.1, 0.15) is 18.1 Å². The van der Waals surface area contributed by atoms with Crippen LogP contribution in [0.2, 0.25) is 0 Å². The van der Waals surface area contributed by atoms with Crippen molar-refractivity contribution >= 4 is 24.2 Å². The Labute approximate surface area is 232 Å². The van der Waals surface area contributed by atoms with Crippen LogP contribution in [-0.4, -0.2) is 71.0 Å². The maximum absolute atomic E-state index is 15.0. The third kappa shape index (κ3) is 5.70. The molecular weight excluding hydrogens is 707 g/mol. The van der Waals surface area contributed by atoms with Crippen molar-refractivity contribution in [3.05, 3.63) is 23.3 Å². The van der Waals surface area contributed by atoms with Crippen molar-refractivity contribution in [3.8, 4) is 0 Å². The van der Waals surface area contributed by atoms with E-state index < -0.39 is 107 Å². The van der Waals surface area contributed by atoms with Crippen molar-refractivity contribution in [2.24, 2.45) is 0 Å². The zero-order valence-corrected chi connectivity index (χ0v) is 20.3. The molecule has 1 rings (SSSR count). The molecule has 0 bridgehead atoms. The Morgan fingerprint density at radius 1 is 0.556 bits per heavy atom. The molecule has 27 heteroatoms. The zero-order valence-electron chi connectivity index (χ0n) is 20.3. The van der Waals surface area contributed by atoms with Crippen molar-refractivity contribution < 1.29 is 111 Å². The quantitative estimate of drug-likeness (QED) is 0.193. The van der Waals surface area contributed by atoms with Crippen LogP contribution in [0.3, 0.4) is 0 Å². The Hall–Kier alpha value is -2.87. The summed E-state index contributed by atoms with van der Waals surface area (Å²) in [5.74, 6) is -68.9. The predicted octanol–water partition coefficient (Wildman–Crippen LogP) is 6.44. The largest absolute Gasteiger partial charge is 0.488 e. The maximum Gasteiger partial charge on any atom is 0.488 e. The van der Waals surface area contributed by atoms with Gasteiger partial charge in [-0.2, -0.15) is 96.6 Å². The van der Waals surface area contributed by atoms with Crippen molar-refractivity contribution in [1.82, 2.24) is 0 Å². The van der Waals surface area contributed by atoms with Gasteiger partial charge in [-0.1, -0.05) is 6.07 Å². The molecule has 1 aromatic rings. The van der Waals surface area contributed by atoms with Gasteiger partial charge in [-0.25, -0.2) is 0 Å². The van der Waals surface area contributed by atoms with Crippen LogP contribution in [0.15, 0.2) is 12.1 Å². The molecule has 0 saturated carbocycles. The second-order valence-corrected chi connectivity index (χ2v) is 8.64. The molecule has 0 fully saturated rings. The highest BCUT2D eigenvalue weighted by molar-refractivity contribution is 6.58. The van der Waals surface area contributed by atoms with Gasteiger partial charge < -0.3 is 15.4 Å². The first kappa shape index (κ1) is 40.2. The molecule has 0 aliphatic heterocycles. The monoisotopic (exact) mass is 715 g/mol. The highest BCUT2D eigenvalue weighted by Gasteiger charge is 2.90. The summed E-state index contributed by atoms with van der Waals surface area (Å²) >= 11 is 0. The number of hydrogen-bond acceptors (Lipinski definition) is 3. The van der Waals surface area contributed by atoms with Crippen molar-refractivity contribution in [2.45, 2.75) is 66.7 Å². The van der Waals surface area contributed by atoms with E-state index in [-0.39, 0.29) is 6.92 Å². The molecule has 0 aliphatic carbocycles. The molecule has 1 amide bonds. The molecule has 1 aromatic carbocycles. The lowest BCUT2D eigenvalue weighted by atomic mass is 9.75. The predicted molar refractivity (Wildman–Crippen MR) is 100 cm³/mol. The molecule has 0 saturated heterocycles. The lowest BCUT2D eigenvalue weighted by Crippen LogP contribution is -2.67. The average Bonchev–Trinajstić information content (AvgIpc) is 2.80. The number of hydrogen-bond donors (Lipinski definition) is 3. The van der Waals surface area contributed by atoms with E-state index in [1.165, 1.54) is 0 Å². The van der Waals surface area contributed by atoms with Crippen LogP contribution in [0.4, 0.5) is 102 Å². The molecule has 0 atom stereocenters. The molecule has 0 spiro atoms. The van der Waals surface area contributed by atoms with Crippen LogP contribution in [-0.2, 0) is 16.6 Å². The Kier molecular flexibility index (Phi) is 9.69. The van der Waals surface area contributed by atoms with Gasteiger partial charge in [0, 0.05) is 12.5 Å².